The Hall–Kier alpha value is -4.41. The maximum atomic E-state index is 7.26. The quantitative estimate of drug-likeness (QED) is 0.0693. The average molecular weight is 716 g/mol. The summed E-state index contributed by atoms with van der Waals surface area (Å²) < 4.78 is 27.3. The van der Waals surface area contributed by atoms with Crippen molar-refractivity contribution < 1.29 is 18.9 Å². The van der Waals surface area contributed by atoms with Crippen LogP contribution < -0.4 is 16.4 Å². The molecule has 0 amide bonds. The number of thiocarbonyl (C=S) groups is 1. The molecule has 5 aromatic carbocycles. The molecule has 0 aliphatic heterocycles. The van der Waals surface area contributed by atoms with Crippen LogP contribution in [0.1, 0.15) is 34.2 Å². The second-order valence-corrected chi connectivity index (χ2v) is 13.5. The van der Waals surface area contributed by atoms with Gasteiger partial charge in [-0.25, -0.2) is 0 Å². The van der Waals surface area contributed by atoms with Gasteiger partial charge in [0.05, 0.1) is 38.5 Å². The summed E-state index contributed by atoms with van der Waals surface area (Å²) in [6.45, 7) is 2.15. The number of nitrogens with two attached hydrogens (primary N) is 1. The van der Waals surface area contributed by atoms with Crippen molar-refractivity contribution in [2.24, 2.45) is 5.73 Å². The van der Waals surface area contributed by atoms with Gasteiger partial charge < -0.3 is 35.3 Å². The van der Waals surface area contributed by atoms with E-state index in [4.69, 9.17) is 36.9 Å². The highest BCUT2D eigenvalue weighted by Gasteiger charge is 2.52. The lowest BCUT2D eigenvalue weighted by Crippen LogP contribution is -2.73. The molecule has 0 aromatic heterocycles. The van der Waals surface area contributed by atoms with Crippen LogP contribution in [0.5, 0.6) is 0 Å². The van der Waals surface area contributed by atoms with Gasteiger partial charge in [-0.3, -0.25) is 0 Å². The zero-order valence-electron chi connectivity index (χ0n) is 29.5. The van der Waals surface area contributed by atoms with Gasteiger partial charge in [0, 0.05) is 6.54 Å². The summed E-state index contributed by atoms with van der Waals surface area (Å²) in [6, 6.07) is 50.0. The molecule has 1 aliphatic carbocycles. The zero-order valence-corrected chi connectivity index (χ0v) is 30.3. The molecule has 4 N–H and O–H groups in total. The topological polar surface area (TPSA) is 87.0 Å². The van der Waals surface area contributed by atoms with E-state index in [0.717, 1.165) is 35.1 Å². The molecule has 5 aromatic rings. The Labute approximate surface area is 313 Å². The maximum Gasteiger partial charge on any atom is 0.166 e. The third-order valence-electron chi connectivity index (χ3n) is 9.33. The Morgan fingerprint density at radius 2 is 0.827 bits per heavy atom. The fourth-order valence-electron chi connectivity index (χ4n) is 6.59. The molecule has 1 fully saturated rings. The number of rotatable bonds is 17. The highest BCUT2D eigenvalue weighted by atomic mass is 32.1. The lowest BCUT2D eigenvalue weighted by Gasteiger charge is -2.49. The third kappa shape index (κ3) is 11.0. The fraction of sp³-hybridized carbons (Fsp3) is 0.295. The van der Waals surface area contributed by atoms with Crippen molar-refractivity contribution >= 4 is 17.3 Å². The van der Waals surface area contributed by atoms with Crippen molar-refractivity contribution in [3.63, 3.8) is 0 Å². The molecule has 0 spiro atoms. The van der Waals surface area contributed by atoms with Crippen LogP contribution >= 0.6 is 12.2 Å². The minimum Gasteiger partial charge on any atom is -0.369 e. The highest BCUT2D eigenvalue weighted by Crippen LogP contribution is 2.32. The highest BCUT2D eigenvalue weighted by molar-refractivity contribution is 7.80. The summed E-state index contributed by atoms with van der Waals surface area (Å²) in [5, 5.41) is 7.48. The van der Waals surface area contributed by atoms with Crippen LogP contribution in [0.15, 0.2) is 152 Å². The zero-order chi connectivity index (χ0) is 35.8. The van der Waals surface area contributed by atoms with Crippen molar-refractivity contribution in [1.29, 1.82) is 0 Å². The van der Waals surface area contributed by atoms with Gasteiger partial charge in [0.1, 0.15) is 24.4 Å². The van der Waals surface area contributed by atoms with Gasteiger partial charge in [0.2, 0.25) is 0 Å². The van der Waals surface area contributed by atoms with Gasteiger partial charge in [0.25, 0.3) is 0 Å². The lowest BCUT2D eigenvalue weighted by molar-refractivity contribution is -0.225. The van der Waals surface area contributed by atoms with Gasteiger partial charge in [-0.1, -0.05) is 152 Å². The smallest absolute Gasteiger partial charge is 0.166 e. The van der Waals surface area contributed by atoms with Crippen LogP contribution in [0.2, 0.25) is 0 Å². The number of ether oxygens (including phenoxy) is 4. The van der Waals surface area contributed by atoms with E-state index in [9.17, 15) is 0 Å². The van der Waals surface area contributed by atoms with Crippen molar-refractivity contribution in [3.05, 3.63) is 179 Å². The molecule has 7 nitrogen and oxygen atoms in total. The predicted molar refractivity (Wildman–Crippen MR) is 210 cm³/mol. The summed E-state index contributed by atoms with van der Waals surface area (Å²) in [4.78, 5) is 0. The molecule has 1 saturated carbocycles. The average Bonchev–Trinajstić information content (AvgIpc) is 3.20. The molecule has 0 heterocycles. The van der Waals surface area contributed by atoms with Gasteiger partial charge in [-0.15, -0.1) is 0 Å². The predicted octanol–water partition coefficient (Wildman–Crippen LogP) is 7.13. The Kier molecular flexibility index (Phi) is 14.4. The normalized spacial score (nSPS) is 21.3. The van der Waals surface area contributed by atoms with Crippen molar-refractivity contribution in [3.8, 4) is 0 Å². The van der Waals surface area contributed by atoms with E-state index in [1.807, 2.05) is 91.0 Å². The molecular weight excluding hydrogens is 667 g/mol. The maximum absolute atomic E-state index is 7.26. The number of hydrogen-bond acceptors (Lipinski definition) is 6. The van der Waals surface area contributed by atoms with E-state index in [-0.39, 0.29) is 0 Å². The van der Waals surface area contributed by atoms with Crippen LogP contribution in [-0.4, -0.2) is 48.2 Å². The second-order valence-electron chi connectivity index (χ2n) is 13.1. The number of aryl methyl sites for hydroxylation is 1. The second kappa shape index (κ2) is 20.0. The van der Waals surface area contributed by atoms with Crippen LogP contribution in [-0.2, 0) is 51.8 Å². The van der Waals surface area contributed by atoms with E-state index in [1.54, 1.807) is 0 Å². The molecule has 0 bridgehead atoms. The largest absolute Gasteiger partial charge is 0.369 e. The van der Waals surface area contributed by atoms with Gasteiger partial charge in [0.15, 0.2) is 5.11 Å². The molecule has 1 aliphatic rings. The molecule has 52 heavy (non-hydrogen) atoms. The standard InChI is InChI=1S/C44H49N3O4S/c45-38-39(47-44(52)46-28-16-27-33-17-6-1-7-18-33)41(49-30-35-21-10-3-11-22-35)43(51-32-37-25-14-5-15-26-37)42(50-31-36-23-12-4-13-24-36)40(38)48-29-34-19-8-2-9-20-34/h1-15,17-26,38-43H,16,27-32,45H2,(H2,46,47,52)/t38-,39+,40-,41-,42+,43+/m0/s1. The van der Waals surface area contributed by atoms with Crippen LogP contribution in [0.3, 0.4) is 0 Å². The molecular formula is C44H49N3O4S. The summed E-state index contributed by atoms with van der Waals surface area (Å²) in [6.07, 6.45) is -0.342. The van der Waals surface area contributed by atoms with Gasteiger partial charge >= 0.3 is 0 Å². The molecule has 6 rings (SSSR count). The summed E-state index contributed by atoms with van der Waals surface area (Å²) >= 11 is 5.91. The molecule has 6 atom stereocenters. The SMILES string of the molecule is N[C@H]1[C@@H](NC(=S)NCCCc2ccccc2)[C@H](OCc2ccccc2)[C@@H](OCc2ccccc2)[C@H](OCc2ccccc2)[C@H]1OCc1ccccc1. The molecule has 0 saturated heterocycles. The molecule has 0 radical (unpaired) electrons. The van der Waals surface area contributed by atoms with Gasteiger partial charge in [-0.2, -0.15) is 0 Å². The van der Waals surface area contributed by atoms with Gasteiger partial charge in [-0.05, 0) is 52.9 Å². The van der Waals surface area contributed by atoms with E-state index in [1.165, 1.54) is 5.56 Å². The summed E-state index contributed by atoms with van der Waals surface area (Å²) in [5.41, 5.74) is 12.7. The Morgan fingerprint density at radius 3 is 1.25 bits per heavy atom. The van der Waals surface area contributed by atoms with Crippen molar-refractivity contribution in [2.75, 3.05) is 6.54 Å². The first-order chi connectivity index (χ1) is 25.6. The Morgan fingerprint density at radius 1 is 0.481 bits per heavy atom. The summed E-state index contributed by atoms with van der Waals surface area (Å²) in [5.74, 6) is 0. The minimum absolute atomic E-state index is 0.359. The lowest BCUT2D eigenvalue weighted by atomic mass is 9.81. The first kappa shape index (κ1) is 37.4. The van der Waals surface area contributed by atoms with E-state index < -0.39 is 36.5 Å². The monoisotopic (exact) mass is 715 g/mol. The fourth-order valence-corrected chi connectivity index (χ4v) is 6.83. The van der Waals surface area contributed by atoms with E-state index in [2.05, 4.69) is 71.3 Å². The van der Waals surface area contributed by atoms with Crippen LogP contribution in [0.4, 0.5) is 0 Å². The van der Waals surface area contributed by atoms with Crippen LogP contribution in [0.25, 0.3) is 0 Å². The number of hydrogen-bond donors (Lipinski definition) is 3. The number of benzene rings is 5. The first-order valence-electron chi connectivity index (χ1n) is 18.1. The third-order valence-corrected chi connectivity index (χ3v) is 9.59. The first-order valence-corrected chi connectivity index (χ1v) is 18.5. The van der Waals surface area contributed by atoms with E-state index >= 15 is 0 Å². The molecule has 0 unspecified atom stereocenters. The van der Waals surface area contributed by atoms with Crippen molar-refractivity contribution in [2.45, 2.75) is 75.8 Å². The Bertz CT molecular complexity index is 1730. The minimum atomic E-state index is -0.564. The molecule has 270 valence electrons. The molecule has 8 heteroatoms. The van der Waals surface area contributed by atoms with E-state index in [0.29, 0.717) is 38.1 Å². The Balaban J connectivity index is 1.28. The summed E-state index contributed by atoms with van der Waals surface area (Å²) in [7, 11) is 0. The van der Waals surface area contributed by atoms with Crippen LogP contribution in [0, 0.1) is 0 Å². The van der Waals surface area contributed by atoms with Crippen molar-refractivity contribution in [1.82, 2.24) is 10.6 Å². The number of nitrogens with one attached hydrogen (secondary N) is 2.